The number of carbonyl (C=O) groups excluding carboxylic acids is 2. The lowest BCUT2D eigenvalue weighted by molar-refractivity contribution is 0.0947. The van der Waals surface area contributed by atoms with Crippen molar-refractivity contribution in [2.75, 3.05) is 31.2 Å². The molecule has 8 nitrogen and oxygen atoms in total. The van der Waals surface area contributed by atoms with E-state index in [0.29, 0.717) is 47.9 Å². The van der Waals surface area contributed by atoms with Gasteiger partial charge in [0.2, 0.25) is 5.28 Å². The van der Waals surface area contributed by atoms with Gasteiger partial charge in [0.1, 0.15) is 10.4 Å². The summed E-state index contributed by atoms with van der Waals surface area (Å²) in [6.45, 7) is 2.36. The zero-order valence-corrected chi connectivity index (χ0v) is 16.2. The predicted molar refractivity (Wildman–Crippen MR) is 107 cm³/mol. The van der Waals surface area contributed by atoms with E-state index < -0.39 is 5.91 Å². The number of ether oxygens (including phenoxy) is 1. The number of carbonyl (C=O) groups is 2. The highest BCUT2D eigenvalue weighted by atomic mass is 35.5. The molecule has 2 aromatic heterocycles. The van der Waals surface area contributed by atoms with Crippen molar-refractivity contribution < 1.29 is 14.3 Å². The number of nitrogens with zero attached hydrogens (tertiary/aromatic N) is 3. The number of benzene rings is 1. The molecule has 28 heavy (non-hydrogen) atoms. The van der Waals surface area contributed by atoms with E-state index >= 15 is 0 Å². The SMILES string of the molecule is NNC(=O)c1sc2c(N3CCOCC3)nc(Cl)nc2c1C(=O)c1ccccc1. The minimum atomic E-state index is -0.564. The van der Waals surface area contributed by atoms with Crippen molar-refractivity contribution in [1.29, 1.82) is 0 Å². The van der Waals surface area contributed by atoms with Gasteiger partial charge in [-0.2, -0.15) is 4.98 Å². The van der Waals surface area contributed by atoms with Gasteiger partial charge in [0.05, 0.1) is 23.5 Å². The Hall–Kier alpha value is -2.59. The van der Waals surface area contributed by atoms with Gasteiger partial charge < -0.3 is 9.64 Å². The molecule has 1 aliphatic heterocycles. The van der Waals surface area contributed by atoms with Gasteiger partial charge in [0, 0.05) is 18.7 Å². The Labute approximate surface area is 169 Å². The first-order valence-corrected chi connectivity index (χ1v) is 9.73. The Kier molecular flexibility index (Phi) is 5.23. The first-order chi connectivity index (χ1) is 13.6. The van der Waals surface area contributed by atoms with Gasteiger partial charge in [-0.3, -0.25) is 15.0 Å². The Bertz CT molecular complexity index is 1050. The number of nitrogens with one attached hydrogen (secondary N) is 1. The molecule has 1 aliphatic rings. The van der Waals surface area contributed by atoms with Crippen LogP contribution in [0.5, 0.6) is 0 Å². The third-order valence-corrected chi connectivity index (χ3v) is 5.74. The number of hydrogen-bond donors (Lipinski definition) is 2. The highest BCUT2D eigenvalue weighted by molar-refractivity contribution is 7.21. The quantitative estimate of drug-likeness (QED) is 0.219. The molecule has 0 aliphatic carbocycles. The van der Waals surface area contributed by atoms with Gasteiger partial charge in [-0.25, -0.2) is 10.8 Å². The van der Waals surface area contributed by atoms with Crippen LogP contribution in [0.25, 0.3) is 10.2 Å². The van der Waals surface area contributed by atoms with Crippen molar-refractivity contribution in [2.45, 2.75) is 0 Å². The van der Waals surface area contributed by atoms with Gasteiger partial charge in [0.25, 0.3) is 5.91 Å². The summed E-state index contributed by atoms with van der Waals surface area (Å²) in [5.74, 6) is 5.05. The number of thiophene rings is 1. The third kappa shape index (κ3) is 3.33. The number of rotatable bonds is 4. The zero-order chi connectivity index (χ0) is 19.7. The van der Waals surface area contributed by atoms with Crippen molar-refractivity contribution >= 4 is 50.7 Å². The maximum Gasteiger partial charge on any atom is 0.276 e. The standard InChI is InChI=1S/C18H16ClN5O3S/c19-18-21-12-11(13(25)10-4-2-1-3-5-10)14(17(26)23-20)28-15(12)16(22-18)24-6-8-27-9-7-24/h1-5H,6-9,20H2,(H,23,26). The predicted octanol–water partition coefficient (Wildman–Crippen LogP) is 2.02. The molecule has 1 saturated heterocycles. The van der Waals surface area contributed by atoms with E-state index in [2.05, 4.69) is 15.4 Å². The largest absolute Gasteiger partial charge is 0.378 e. The smallest absolute Gasteiger partial charge is 0.276 e. The Morgan fingerprint density at radius 2 is 1.89 bits per heavy atom. The van der Waals surface area contributed by atoms with Gasteiger partial charge in [-0.15, -0.1) is 11.3 Å². The second-order valence-corrected chi connectivity index (χ2v) is 7.43. The van der Waals surface area contributed by atoms with Crippen LogP contribution in [-0.2, 0) is 4.74 Å². The van der Waals surface area contributed by atoms with Crippen LogP contribution >= 0.6 is 22.9 Å². The number of nitrogens with two attached hydrogens (primary N) is 1. The molecule has 0 spiro atoms. The lowest BCUT2D eigenvalue weighted by Crippen LogP contribution is -2.36. The van der Waals surface area contributed by atoms with E-state index in [4.69, 9.17) is 22.2 Å². The highest BCUT2D eigenvalue weighted by Gasteiger charge is 2.29. The monoisotopic (exact) mass is 417 g/mol. The van der Waals surface area contributed by atoms with Crippen LogP contribution < -0.4 is 16.2 Å². The molecule has 10 heteroatoms. The second-order valence-electron chi connectivity index (χ2n) is 6.07. The van der Waals surface area contributed by atoms with Crippen molar-refractivity contribution in [3.8, 4) is 0 Å². The lowest BCUT2D eigenvalue weighted by Gasteiger charge is -2.28. The summed E-state index contributed by atoms with van der Waals surface area (Å²) in [6, 6.07) is 8.69. The minimum Gasteiger partial charge on any atom is -0.378 e. The number of hydrazine groups is 1. The number of fused-ring (bicyclic) bond motifs is 1. The molecule has 144 valence electrons. The fourth-order valence-electron chi connectivity index (χ4n) is 3.10. The molecule has 3 heterocycles. The molecule has 4 rings (SSSR count). The van der Waals surface area contributed by atoms with Gasteiger partial charge in [-0.1, -0.05) is 30.3 Å². The molecule has 3 aromatic rings. The van der Waals surface area contributed by atoms with E-state index in [1.807, 2.05) is 11.0 Å². The van der Waals surface area contributed by atoms with E-state index in [0.717, 1.165) is 11.3 Å². The van der Waals surface area contributed by atoms with Crippen LogP contribution in [0.3, 0.4) is 0 Å². The van der Waals surface area contributed by atoms with Crippen LogP contribution in [0.15, 0.2) is 30.3 Å². The number of hydrogen-bond acceptors (Lipinski definition) is 8. The van der Waals surface area contributed by atoms with Crippen molar-refractivity contribution in [2.24, 2.45) is 5.84 Å². The van der Waals surface area contributed by atoms with E-state index in [1.54, 1.807) is 24.3 Å². The number of halogens is 1. The Morgan fingerprint density at radius 3 is 2.57 bits per heavy atom. The summed E-state index contributed by atoms with van der Waals surface area (Å²) in [6.07, 6.45) is 0. The first kappa shape index (κ1) is 18.8. The van der Waals surface area contributed by atoms with Gasteiger partial charge in [0.15, 0.2) is 11.6 Å². The second kappa shape index (κ2) is 7.80. The van der Waals surface area contributed by atoms with Crippen molar-refractivity contribution in [1.82, 2.24) is 15.4 Å². The van der Waals surface area contributed by atoms with E-state index in [1.165, 1.54) is 0 Å². The number of aromatic nitrogens is 2. The summed E-state index contributed by atoms with van der Waals surface area (Å²) in [7, 11) is 0. The van der Waals surface area contributed by atoms with E-state index in [-0.39, 0.29) is 21.5 Å². The fourth-order valence-corrected chi connectivity index (χ4v) is 4.42. The van der Waals surface area contributed by atoms with Crippen LogP contribution in [0.4, 0.5) is 5.82 Å². The molecule has 0 atom stereocenters. The number of nitrogen functional groups attached to an aromatic ring is 1. The molecule has 0 saturated carbocycles. The highest BCUT2D eigenvalue weighted by Crippen LogP contribution is 2.38. The summed E-state index contributed by atoms with van der Waals surface area (Å²) in [5.41, 5.74) is 3.07. The molecule has 0 radical (unpaired) electrons. The van der Waals surface area contributed by atoms with Crippen molar-refractivity contribution in [3.63, 3.8) is 0 Å². The van der Waals surface area contributed by atoms with Crippen LogP contribution in [0, 0.1) is 0 Å². The molecule has 1 aromatic carbocycles. The van der Waals surface area contributed by atoms with Gasteiger partial charge in [-0.05, 0) is 11.6 Å². The maximum atomic E-state index is 13.2. The normalized spacial score (nSPS) is 14.3. The summed E-state index contributed by atoms with van der Waals surface area (Å²) in [5, 5.41) is 0.00797. The lowest BCUT2D eigenvalue weighted by atomic mass is 10.0. The summed E-state index contributed by atoms with van der Waals surface area (Å²) >= 11 is 7.31. The molecular weight excluding hydrogens is 402 g/mol. The molecule has 0 bridgehead atoms. The topological polar surface area (TPSA) is 110 Å². The van der Waals surface area contributed by atoms with Crippen LogP contribution in [-0.4, -0.2) is 48.0 Å². The first-order valence-electron chi connectivity index (χ1n) is 8.53. The number of anilines is 1. The Balaban J connectivity index is 1.95. The average molecular weight is 418 g/mol. The molecule has 1 fully saturated rings. The van der Waals surface area contributed by atoms with E-state index in [9.17, 15) is 9.59 Å². The third-order valence-electron chi connectivity index (χ3n) is 4.40. The average Bonchev–Trinajstić information content (AvgIpc) is 3.12. The summed E-state index contributed by atoms with van der Waals surface area (Å²) in [4.78, 5) is 36.5. The van der Waals surface area contributed by atoms with Crippen LogP contribution in [0.2, 0.25) is 5.28 Å². The number of ketones is 1. The molecular formula is C18H16ClN5O3S. The minimum absolute atomic E-state index is 0.00797. The maximum absolute atomic E-state index is 13.2. The number of amides is 1. The summed E-state index contributed by atoms with van der Waals surface area (Å²) < 4.78 is 6.01. The zero-order valence-electron chi connectivity index (χ0n) is 14.6. The van der Waals surface area contributed by atoms with Crippen LogP contribution in [0.1, 0.15) is 25.6 Å². The number of morpholine rings is 1. The van der Waals surface area contributed by atoms with Crippen molar-refractivity contribution in [3.05, 3.63) is 51.6 Å². The fraction of sp³-hybridized carbons (Fsp3) is 0.222. The van der Waals surface area contributed by atoms with Gasteiger partial charge >= 0.3 is 0 Å². The molecule has 0 unspecified atom stereocenters. The molecule has 1 amide bonds. The Morgan fingerprint density at radius 1 is 1.18 bits per heavy atom. The molecule has 3 N–H and O–H groups in total.